The number of hydrogen-bond acceptors (Lipinski definition) is 6. The number of benzene rings is 2. The molecule has 8 nitrogen and oxygen atoms in total. The molecule has 3 amide bonds. The molecule has 2 aromatic carbocycles. The van der Waals surface area contributed by atoms with Gasteiger partial charge in [-0.2, -0.15) is 0 Å². The normalized spacial score (nSPS) is 27.9. The lowest BCUT2D eigenvalue weighted by molar-refractivity contribution is -0.141. The maximum absolute atomic E-state index is 13.0. The molecule has 0 aromatic heterocycles. The summed E-state index contributed by atoms with van der Waals surface area (Å²) in [6.07, 6.45) is 4.83. The van der Waals surface area contributed by atoms with Gasteiger partial charge in [0.05, 0.1) is 0 Å². The lowest BCUT2D eigenvalue weighted by Crippen LogP contribution is -2.65. The standard InChI is InChI=1S/C28H31N3O5/c32-25-13-12-23(26(33)29-25)31-15-18-14-20(10-11-21(18)27(31)34)36-24-9-5-4-8-22(24)30-16-28(35,17-30)19-6-2-1-3-7-19/h1-3,6-7,10-11,14,22-24,35H,4-5,8-9,12-13,15-17H2,(H,29,32,33)/t22?,23?,24-/m0/s1. The highest BCUT2D eigenvalue weighted by atomic mass is 16.5. The predicted octanol–water partition coefficient (Wildman–Crippen LogP) is 2.34. The minimum atomic E-state index is -0.809. The predicted molar refractivity (Wildman–Crippen MR) is 131 cm³/mol. The zero-order chi connectivity index (χ0) is 24.9. The van der Waals surface area contributed by atoms with Crippen molar-refractivity contribution in [3.63, 3.8) is 0 Å². The number of rotatable bonds is 5. The Morgan fingerprint density at radius 2 is 1.75 bits per heavy atom. The van der Waals surface area contributed by atoms with Crippen molar-refractivity contribution in [2.24, 2.45) is 0 Å². The molecule has 3 heterocycles. The summed E-state index contributed by atoms with van der Waals surface area (Å²) in [5, 5.41) is 13.4. The van der Waals surface area contributed by atoms with Gasteiger partial charge in [-0.3, -0.25) is 24.6 Å². The number of carbonyl (C=O) groups excluding carboxylic acids is 3. The van der Waals surface area contributed by atoms with Crippen LogP contribution in [0.25, 0.3) is 0 Å². The number of piperidine rings is 1. The lowest BCUT2D eigenvalue weighted by atomic mass is 9.81. The zero-order valence-corrected chi connectivity index (χ0v) is 20.2. The van der Waals surface area contributed by atoms with Gasteiger partial charge in [0, 0.05) is 37.7 Å². The minimum Gasteiger partial charge on any atom is -0.489 e. The van der Waals surface area contributed by atoms with Gasteiger partial charge in [-0.1, -0.05) is 36.8 Å². The first-order valence-corrected chi connectivity index (χ1v) is 12.9. The van der Waals surface area contributed by atoms with E-state index in [4.69, 9.17) is 4.74 Å². The Hall–Kier alpha value is -3.23. The van der Waals surface area contributed by atoms with E-state index in [1.54, 1.807) is 11.0 Å². The van der Waals surface area contributed by atoms with Gasteiger partial charge in [-0.15, -0.1) is 0 Å². The average molecular weight is 490 g/mol. The highest BCUT2D eigenvalue weighted by molar-refractivity contribution is 6.05. The molecule has 0 bridgehead atoms. The second-order valence-corrected chi connectivity index (χ2v) is 10.5. The van der Waals surface area contributed by atoms with Crippen LogP contribution in [0.2, 0.25) is 0 Å². The van der Waals surface area contributed by atoms with Crippen molar-refractivity contribution >= 4 is 17.7 Å². The summed E-state index contributed by atoms with van der Waals surface area (Å²) in [4.78, 5) is 40.7. The molecule has 3 atom stereocenters. The second-order valence-electron chi connectivity index (χ2n) is 10.5. The number of hydrogen-bond donors (Lipinski definition) is 2. The minimum absolute atomic E-state index is 0.0143. The first kappa shape index (κ1) is 23.2. The van der Waals surface area contributed by atoms with Crippen LogP contribution < -0.4 is 10.1 Å². The smallest absolute Gasteiger partial charge is 0.255 e. The molecule has 2 N–H and O–H groups in total. The van der Waals surface area contributed by atoms with Crippen LogP contribution in [-0.4, -0.2) is 63.9 Å². The summed E-state index contributed by atoms with van der Waals surface area (Å²) in [6, 6.07) is 15.0. The molecule has 1 saturated carbocycles. The molecular formula is C28H31N3O5. The Kier molecular flexibility index (Phi) is 5.80. The third-order valence-electron chi connectivity index (χ3n) is 8.16. The van der Waals surface area contributed by atoms with Gasteiger partial charge in [-0.05, 0) is 55.0 Å². The monoisotopic (exact) mass is 489 g/mol. The third-order valence-corrected chi connectivity index (χ3v) is 8.16. The van der Waals surface area contributed by atoms with E-state index in [0.29, 0.717) is 31.6 Å². The van der Waals surface area contributed by atoms with Gasteiger partial charge in [-0.25, -0.2) is 0 Å². The van der Waals surface area contributed by atoms with E-state index in [1.807, 2.05) is 42.5 Å². The van der Waals surface area contributed by atoms with Crippen LogP contribution in [0.1, 0.15) is 60.0 Å². The summed E-state index contributed by atoms with van der Waals surface area (Å²) >= 11 is 0. The largest absolute Gasteiger partial charge is 0.489 e. The average Bonchev–Trinajstić information content (AvgIpc) is 3.18. The van der Waals surface area contributed by atoms with Crippen molar-refractivity contribution < 1.29 is 24.2 Å². The van der Waals surface area contributed by atoms with Gasteiger partial charge in [0.2, 0.25) is 11.8 Å². The van der Waals surface area contributed by atoms with Crippen LogP contribution in [0.5, 0.6) is 5.75 Å². The van der Waals surface area contributed by atoms with Gasteiger partial charge < -0.3 is 14.7 Å². The van der Waals surface area contributed by atoms with E-state index >= 15 is 0 Å². The van der Waals surface area contributed by atoms with Crippen LogP contribution in [0, 0.1) is 0 Å². The number of imide groups is 1. The van der Waals surface area contributed by atoms with Crippen molar-refractivity contribution in [3.8, 4) is 5.75 Å². The number of nitrogens with zero attached hydrogens (tertiary/aromatic N) is 2. The number of likely N-dealkylation sites (tertiary alicyclic amines) is 1. The highest BCUT2D eigenvalue weighted by Gasteiger charge is 2.48. The third kappa shape index (κ3) is 4.08. The number of β-amino-alcohol motifs (C(OH)–C–C–N with tert-alkyl or cyclic N) is 1. The molecule has 3 fully saturated rings. The van der Waals surface area contributed by atoms with Crippen molar-refractivity contribution in [1.82, 2.24) is 15.1 Å². The van der Waals surface area contributed by atoms with E-state index in [2.05, 4.69) is 10.2 Å². The van der Waals surface area contributed by atoms with Crippen LogP contribution in [-0.2, 0) is 21.7 Å². The lowest BCUT2D eigenvalue weighted by Gasteiger charge is -2.53. The van der Waals surface area contributed by atoms with E-state index in [9.17, 15) is 19.5 Å². The van der Waals surface area contributed by atoms with Crippen molar-refractivity contribution in [2.75, 3.05) is 13.1 Å². The fourth-order valence-corrected chi connectivity index (χ4v) is 6.22. The maximum atomic E-state index is 13.0. The number of fused-ring (bicyclic) bond motifs is 1. The van der Waals surface area contributed by atoms with Gasteiger partial charge >= 0.3 is 0 Å². The number of carbonyl (C=O) groups is 3. The Morgan fingerprint density at radius 3 is 2.53 bits per heavy atom. The van der Waals surface area contributed by atoms with E-state index in [0.717, 1.165) is 42.6 Å². The van der Waals surface area contributed by atoms with E-state index in [-0.39, 0.29) is 30.4 Å². The maximum Gasteiger partial charge on any atom is 0.255 e. The topological polar surface area (TPSA) is 99.2 Å². The number of amides is 3. The van der Waals surface area contributed by atoms with Crippen molar-refractivity contribution in [3.05, 3.63) is 65.2 Å². The highest BCUT2D eigenvalue weighted by Crippen LogP contribution is 2.38. The molecule has 6 rings (SSSR count). The van der Waals surface area contributed by atoms with Crippen LogP contribution >= 0.6 is 0 Å². The molecule has 4 aliphatic rings. The van der Waals surface area contributed by atoms with Gasteiger partial charge in [0.15, 0.2) is 0 Å². The van der Waals surface area contributed by atoms with Crippen LogP contribution in [0.15, 0.2) is 48.5 Å². The first-order chi connectivity index (χ1) is 17.4. The van der Waals surface area contributed by atoms with E-state index < -0.39 is 17.6 Å². The molecule has 8 heteroatoms. The van der Waals surface area contributed by atoms with E-state index in [1.165, 1.54) is 0 Å². The molecule has 0 radical (unpaired) electrons. The first-order valence-electron chi connectivity index (χ1n) is 12.9. The van der Waals surface area contributed by atoms with Gasteiger partial charge in [0.1, 0.15) is 23.5 Å². The molecule has 1 aliphatic carbocycles. The Balaban J connectivity index is 1.13. The summed E-state index contributed by atoms with van der Waals surface area (Å²) < 4.78 is 6.50. The summed E-state index contributed by atoms with van der Waals surface area (Å²) in [7, 11) is 0. The molecule has 2 saturated heterocycles. The quantitative estimate of drug-likeness (QED) is 0.626. The van der Waals surface area contributed by atoms with Crippen molar-refractivity contribution in [1.29, 1.82) is 0 Å². The van der Waals surface area contributed by atoms with Crippen LogP contribution in [0.4, 0.5) is 0 Å². The Labute approximate surface area is 210 Å². The number of aliphatic hydroxyl groups is 1. The molecule has 2 unspecified atom stereocenters. The number of nitrogens with one attached hydrogen (secondary N) is 1. The molecule has 3 aliphatic heterocycles. The molecule has 36 heavy (non-hydrogen) atoms. The fraction of sp³-hybridized carbons (Fsp3) is 0.464. The summed E-state index contributed by atoms with van der Waals surface area (Å²) in [6.45, 7) is 1.53. The number of ether oxygens (including phenoxy) is 1. The molecule has 0 spiro atoms. The Bertz CT molecular complexity index is 1190. The SMILES string of the molecule is O=C1CCC(N2Cc3cc(O[C@H]4CCCCC4N4CC(O)(c5ccccc5)C4)ccc3C2=O)C(=O)N1. The summed E-state index contributed by atoms with van der Waals surface area (Å²) in [5.41, 5.74) is 1.58. The fourth-order valence-electron chi connectivity index (χ4n) is 6.22. The molecule has 2 aromatic rings. The van der Waals surface area contributed by atoms with Crippen LogP contribution in [0.3, 0.4) is 0 Å². The van der Waals surface area contributed by atoms with Crippen molar-refractivity contribution in [2.45, 2.75) is 68.9 Å². The summed E-state index contributed by atoms with van der Waals surface area (Å²) in [5.74, 6) is -0.147. The molecular weight excluding hydrogens is 458 g/mol. The zero-order valence-electron chi connectivity index (χ0n) is 20.2. The molecule has 188 valence electrons. The Morgan fingerprint density at radius 1 is 0.972 bits per heavy atom. The van der Waals surface area contributed by atoms with Gasteiger partial charge in [0.25, 0.3) is 5.91 Å². The second kappa shape index (κ2) is 9.01.